The fourth-order valence-corrected chi connectivity index (χ4v) is 3.29. The largest absolute Gasteiger partial charge is 0.469 e. The van der Waals surface area contributed by atoms with Gasteiger partial charge in [0.05, 0.1) is 38.3 Å². The van der Waals surface area contributed by atoms with Gasteiger partial charge in [-0.05, 0) is 51.4 Å². The lowest BCUT2D eigenvalue weighted by molar-refractivity contribution is -0.160. The lowest BCUT2D eigenvalue weighted by atomic mass is 9.79. The van der Waals surface area contributed by atoms with Gasteiger partial charge in [-0.15, -0.1) is 0 Å². The molecule has 1 aliphatic carbocycles. The van der Waals surface area contributed by atoms with Crippen LogP contribution in [0.4, 0.5) is 0 Å². The topological polar surface area (TPSA) is 61.8 Å². The Morgan fingerprint density at radius 3 is 2.57 bits per heavy atom. The van der Waals surface area contributed by atoms with Crippen LogP contribution in [0.3, 0.4) is 0 Å². The van der Waals surface area contributed by atoms with E-state index in [1.54, 1.807) is 6.92 Å². The number of methoxy groups -OCH3 is 1. The van der Waals surface area contributed by atoms with Gasteiger partial charge in [0.2, 0.25) is 0 Å². The minimum atomic E-state index is -0.412. The van der Waals surface area contributed by atoms with E-state index in [9.17, 15) is 9.59 Å². The van der Waals surface area contributed by atoms with Crippen LogP contribution in [0.15, 0.2) is 0 Å². The van der Waals surface area contributed by atoms with E-state index in [0.717, 1.165) is 12.8 Å². The molecule has 0 spiro atoms. The normalized spacial score (nSPS) is 30.5. The Morgan fingerprint density at radius 2 is 2.00 bits per heavy atom. The molecule has 0 aromatic carbocycles. The Morgan fingerprint density at radius 1 is 1.29 bits per heavy atom. The third-order valence-electron chi connectivity index (χ3n) is 4.50. The van der Waals surface area contributed by atoms with E-state index >= 15 is 0 Å². The maximum atomic E-state index is 12.2. The summed E-state index contributed by atoms with van der Waals surface area (Å²) in [6.45, 7) is 4.16. The van der Waals surface area contributed by atoms with E-state index in [1.807, 2.05) is 6.92 Å². The molecule has 2 fully saturated rings. The van der Waals surface area contributed by atoms with Gasteiger partial charge in [0, 0.05) is 0 Å². The predicted octanol–water partition coefficient (Wildman–Crippen LogP) is 2.32. The van der Waals surface area contributed by atoms with Gasteiger partial charge in [0.1, 0.15) is 0 Å². The summed E-state index contributed by atoms with van der Waals surface area (Å²) in [4.78, 5) is 23.8. The van der Waals surface area contributed by atoms with E-state index < -0.39 is 5.92 Å². The van der Waals surface area contributed by atoms with Gasteiger partial charge in [-0.3, -0.25) is 9.59 Å². The van der Waals surface area contributed by atoms with Gasteiger partial charge in [0.15, 0.2) is 0 Å². The summed E-state index contributed by atoms with van der Waals surface area (Å²) < 4.78 is 15.9. The molecule has 0 aromatic rings. The second-order valence-corrected chi connectivity index (χ2v) is 6.19. The molecule has 0 bridgehead atoms. The summed E-state index contributed by atoms with van der Waals surface area (Å²) in [5.41, 5.74) is 0. The molecule has 120 valence electrons. The molecule has 1 heterocycles. The molecule has 0 amide bonds. The maximum Gasteiger partial charge on any atom is 0.309 e. The molecule has 2 rings (SSSR count). The van der Waals surface area contributed by atoms with Crippen molar-refractivity contribution in [1.29, 1.82) is 0 Å². The van der Waals surface area contributed by atoms with Crippen LogP contribution in [0.2, 0.25) is 0 Å². The number of hydrogen-bond acceptors (Lipinski definition) is 5. The molecule has 0 aromatic heterocycles. The number of carbonyl (C=O) groups is 2. The zero-order valence-corrected chi connectivity index (χ0v) is 13.2. The van der Waals surface area contributed by atoms with Crippen LogP contribution < -0.4 is 0 Å². The van der Waals surface area contributed by atoms with Crippen molar-refractivity contribution in [3.05, 3.63) is 0 Å². The molecule has 1 saturated carbocycles. The van der Waals surface area contributed by atoms with Crippen molar-refractivity contribution in [1.82, 2.24) is 0 Å². The van der Waals surface area contributed by atoms with Crippen molar-refractivity contribution < 1.29 is 23.8 Å². The van der Waals surface area contributed by atoms with E-state index in [0.29, 0.717) is 12.5 Å². The van der Waals surface area contributed by atoms with Crippen LogP contribution in [0.1, 0.15) is 46.0 Å². The number of carbonyl (C=O) groups excluding carboxylic acids is 2. The summed E-state index contributed by atoms with van der Waals surface area (Å²) in [6.07, 6.45) is 4.52. The Hall–Kier alpha value is -1.10. The van der Waals surface area contributed by atoms with Crippen molar-refractivity contribution in [2.45, 2.75) is 58.2 Å². The van der Waals surface area contributed by atoms with E-state index in [-0.39, 0.29) is 36.5 Å². The highest BCUT2D eigenvalue weighted by atomic mass is 16.5. The highest BCUT2D eigenvalue weighted by molar-refractivity contribution is 5.80. The lowest BCUT2D eigenvalue weighted by Crippen LogP contribution is -2.39. The second-order valence-electron chi connectivity index (χ2n) is 6.19. The van der Waals surface area contributed by atoms with E-state index in [2.05, 4.69) is 0 Å². The summed E-state index contributed by atoms with van der Waals surface area (Å²) in [6, 6.07) is 0. The predicted molar refractivity (Wildman–Crippen MR) is 76.5 cm³/mol. The van der Waals surface area contributed by atoms with Crippen molar-refractivity contribution in [2.24, 2.45) is 17.8 Å². The molecule has 21 heavy (non-hydrogen) atoms. The summed E-state index contributed by atoms with van der Waals surface area (Å²) in [5.74, 6) is -0.273. The fraction of sp³-hybridized carbons (Fsp3) is 0.875. The van der Waals surface area contributed by atoms with Crippen LogP contribution in [0.25, 0.3) is 0 Å². The van der Waals surface area contributed by atoms with Gasteiger partial charge in [-0.1, -0.05) is 0 Å². The molecule has 0 unspecified atom stereocenters. The average Bonchev–Trinajstić information content (AvgIpc) is 3.28. The van der Waals surface area contributed by atoms with Crippen molar-refractivity contribution in [3.8, 4) is 0 Å². The van der Waals surface area contributed by atoms with Crippen LogP contribution in [0, 0.1) is 17.8 Å². The van der Waals surface area contributed by atoms with Crippen LogP contribution in [-0.4, -0.2) is 37.9 Å². The van der Waals surface area contributed by atoms with Crippen molar-refractivity contribution in [2.75, 3.05) is 13.7 Å². The first-order chi connectivity index (χ1) is 10.0. The number of esters is 2. The molecular formula is C16H26O5. The second kappa shape index (κ2) is 7.25. The number of rotatable bonds is 6. The minimum absolute atomic E-state index is 0.101. The van der Waals surface area contributed by atoms with Gasteiger partial charge in [0.25, 0.3) is 0 Å². The first kappa shape index (κ1) is 16.3. The quantitative estimate of drug-likeness (QED) is 0.704. The molecule has 5 heteroatoms. The highest BCUT2D eigenvalue weighted by Crippen LogP contribution is 2.43. The molecule has 0 N–H and O–H groups in total. The van der Waals surface area contributed by atoms with Gasteiger partial charge >= 0.3 is 11.9 Å². The van der Waals surface area contributed by atoms with Crippen LogP contribution >= 0.6 is 0 Å². The molecule has 1 aliphatic heterocycles. The monoisotopic (exact) mass is 298 g/mol. The fourth-order valence-electron chi connectivity index (χ4n) is 3.29. The maximum absolute atomic E-state index is 12.2. The minimum Gasteiger partial charge on any atom is -0.469 e. The Kier molecular flexibility index (Phi) is 5.62. The molecule has 4 atom stereocenters. The first-order valence-corrected chi connectivity index (χ1v) is 7.94. The summed E-state index contributed by atoms with van der Waals surface area (Å²) >= 11 is 0. The average molecular weight is 298 g/mol. The van der Waals surface area contributed by atoms with Gasteiger partial charge in [-0.25, -0.2) is 0 Å². The number of hydrogen-bond donors (Lipinski definition) is 0. The standard InChI is InChI=1S/C16H26O5/c1-4-20-16(18)13(9-15(17)19-3)12-7-10(2)21-14(8-12)11-5-6-11/h10-14H,4-9H2,1-3H3/t10-,12-,13-,14+/m0/s1. The van der Waals surface area contributed by atoms with E-state index in [4.69, 9.17) is 14.2 Å². The summed E-state index contributed by atoms with van der Waals surface area (Å²) in [7, 11) is 1.35. The molecular weight excluding hydrogens is 272 g/mol. The van der Waals surface area contributed by atoms with E-state index in [1.165, 1.54) is 20.0 Å². The SMILES string of the molecule is CCOC(=O)[C@@H](CC(=O)OC)[C@H]1C[C@H](C)O[C@@H](C2CC2)C1. The third kappa shape index (κ3) is 4.43. The molecule has 2 aliphatic rings. The Labute approximate surface area is 126 Å². The van der Waals surface area contributed by atoms with Crippen molar-refractivity contribution >= 4 is 11.9 Å². The van der Waals surface area contributed by atoms with Crippen LogP contribution in [0.5, 0.6) is 0 Å². The Bertz CT molecular complexity index is 377. The smallest absolute Gasteiger partial charge is 0.309 e. The van der Waals surface area contributed by atoms with Gasteiger partial charge < -0.3 is 14.2 Å². The summed E-state index contributed by atoms with van der Waals surface area (Å²) in [5, 5.41) is 0. The zero-order chi connectivity index (χ0) is 15.4. The molecule has 0 radical (unpaired) electrons. The van der Waals surface area contributed by atoms with Crippen molar-refractivity contribution in [3.63, 3.8) is 0 Å². The van der Waals surface area contributed by atoms with Crippen LogP contribution in [-0.2, 0) is 23.8 Å². The first-order valence-electron chi connectivity index (χ1n) is 7.94. The Balaban J connectivity index is 2.05. The number of ether oxygens (including phenoxy) is 3. The molecule has 1 saturated heterocycles. The third-order valence-corrected chi connectivity index (χ3v) is 4.50. The molecule has 5 nitrogen and oxygen atoms in total. The highest BCUT2D eigenvalue weighted by Gasteiger charge is 2.42. The zero-order valence-electron chi connectivity index (χ0n) is 13.2. The lowest BCUT2D eigenvalue weighted by Gasteiger charge is -2.37. The van der Waals surface area contributed by atoms with Gasteiger partial charge in [-0.2, -0.15) is 0 Å².